The van der Waals surface area contributed by atoms with Crippen molar-refractivity contribution in [2.75, 3.05) is 19.7 Å². The second-order valence-electron chi connectivity index (χ2n) is 4.33. The van der Waals surface area contributed by atoms with Crippen molar-refractivity contribution in [3.63, 3.8) is 0 Å². The Hall–Kier alpha value is -1.10. The highest BCUT2D eigenvalue weighted by Gasteiger charge is 2.19. The second kappa shape index (κ2) is 7.27. The normalized spacial score (nSPS) is 19.9. The minimum absolute atomic E-state index is 0.0935. The van der Waals surface area contributed by atoms with E-state index in [1.807, 2.05) is 0 Å². The van der Waals surface area contributed by atoms with E-state index in [2.05, 4.69) is 0 Å². The van der Waals surface area contributed by atoms with Gasteiger partial charge in [0.05, 0.1) is 6.10 Å². The van der Waals surface area contributed by atoms with E-state index in [0.29, 0.717) is 19.4 Å². The molecule has 98 valence electrons. The van der Waals surface area contributed by atoms with Gasteiger partial charge in [-0.05, 0) is 32.6 Å². The number of ether oxygens (including phenoxy) is 1. The van der Waals surface area contributed by atoms with Gasteiger partial charge in [0.15, 0.2) is 0 Å². The summed E-state index contributed by atoms with van der Waals surface area (Å²) in [5.74, 6) is -1.06. The van der Waals surface area contributed by atoms with E-state index in [1.54, 1.807) is 6.92 Å². The van der Waals surface area contributed by atoms with Crippen LogP contribution in [0.4, 0.5) is 0 Å². The Morgan fingerprint density at radius 3 is 2.71 bits per heavy atom. The van der Waals surface area contributed by atoms with Crippen LogP contribution in [0.25, 0.3) is 0 Å². The van der Waals surface area contributed by atoms with E-state index in [4.69, 9.17) is 9.84 Å². The minimum atomic E-state index is -0.964. The number of carbonyl (C=O) groups is 2. The Balaban J connectivity index is 2.28. The summed E-state index contributed by atoms with van der Waals surface area (Å²) in [6.07, 6.45) is 4.53. The molecule has 1 amide bonds. The van der Waals surface area contributed by atoms with E-state index in [9.17, 15) is 9.59 Å². The molecular weight excluding hydrogens is 222 g/mol. The number of rotatable bonds is 6. The molecular formula is C12H21NO4. The first kappa shape index (κ1) is 14.0. The first-order valence-electron chi connectivity index (χ1n) is 6.24. The van der Waals surface area contributed by atoms with Gasteiger partial charge in [0.2, 0.25) is 5.91 Å². The highest BCUT2D eigenvalue weighted by Crippen LogP contribution is 2.17. The first-order chi connectivity index (χ1) is 8.13. The molecule has 0 aromatic rings. The number of likely N-dealkylation sites (N-methyl/N-ethyl adjacent to an activating group) is 1. The van der Waals surface area contributed by atoms with Crippen molar-refractivity contribution in [3.05, 3.63) is 0 Å². The number of aliphatic carboxylic acids is 1. The summed E-state index contributed by atoms with van der Waals surface area (Å²) in [5.41, 5.74) is 0. The predicted octanol–water partition coefficient (Wildman–Crippen LogP) is 1.27. The molecule has 5 nitrogen and oxygen atoms in total. The van der Waals surface area contributed by atoms with E-state index in [1.165, 1.54) is 4.90 Å². The van der Waals surface area contributed by atoms with E-state index >= 15 is 0 Å². The van der Waals surface area contributed by atoms with Crippen molar-refractivity contribution in [1.29, 1.82) is 0 Å². The standard InChI is InChI=1S/C12H21NO4/c1-2-13(9-12(15)16)11(14)7-6-10-5-3-4-8-17-10/h10H,2-9H2,1H3,(H,15,16). The summed E-state index contributed by atoms with van der Waals surface area (Å²) < 4.78 is 5.54. The van der Waals surface area contributed by atoms with Gasteiger partial charge in [0, 0.05) is 19.6 Å². The Labute approximate surface area is 102 Å². The van der Waals surface area contributed by atoms with Gasteiger partial charge in [-0.25, -0.2) is 0 Å². The van der Waals surface area contributed by atoms with Crippen LogP contribution >= 0.6 is 0 Å². The summed E-state index contributed by atoms with van der Waals surface area (Å²) in [4.78, 5) is 23.7. The Kier molecular flexibility index (Phi) is 5.97. The van der Waals surface area contributed by atoms with Crippen LogP contribution in [0.2, 0.25) is 0 Å². The molecule has 1 unspecified atom stereocenters. The molecule has 5 heteroatoms. The predicted molar refractivity (Wildman–Crippen MR) is 62.7 cm³/mol. The fraction of sp³-hybridized carbons (Fsp3) is 0.833. The number of hydrogen-bond acceptors (Lipinski definition) is 3. The highest BCUT2D eigenvalue weighted by atomic mass is 16.5. The van der Waals surface area contributed by atoms with Crippen LogP contribution in [-0.2, 0) is 14.3 Å². The van der Waals surface area contributed by atoms with E-state index in [0.717, 1.165) is 25.9 Å². The van der Waals surface area contributed by atoms with Crippen LogP contribution in [0.3, 0.4) is 0 Å². The molecule has 0 bridgehead atoms. The maximum Gasteiger partial charge on any atom is 0.323 e. The molecule has 1 rings (SSSR count). The summed E-state index contributed by atoms with van der Waals surface area (Å²) in [7, 11) is 0. The molecule has 1 fully saturated rings. The number of carbonyl (C=O) groups excluding carboxylic acids is 1. The molecule has 0 aromatic carbocycles. The van der Waals surface area contributed by atoms with Gasteiger partial charge in [0.25, 0.3) is 0 Å². The number of nitrogens with zero attached hydrogens (tertiary/aromatic N) is 1. The lowest BCUT2D eigenvalue weighted by Crippen LogP contribution is -2.36. The molecule has 1 saturated heterocycles. The molecule has 0 aliphatic carbocycles. The van der Waals surface area contributed by atoms with Gasteiger partial charge < -0.3 is 14.7 Å². The number of amides is 1. The zero-order valence-corrected chi connectivity index (χ0v) is 10.4. The van der Waals surface area contributed by atoms with Crippen molar-refractivity contribution in [2.45, 2.75) is 45.1 Å². The van der Waals surface area contributed by atoms with Crippen molar-refractivity contribution in [1.82, 2.24) is 4.90 Å². The van der Waals surface area contributed by atoms with Crippen LogP contribution in [0.15, 0.2) is 0 Å². The third-order valence-corrected chi connectivity index (χ3v) is 3.01. The molecule has 1 N–H and O–H groups in total. The van der Waals surface area contributed by atoms with Gasteiger partial charge in [-0.3, -0.25) is 9.59 Å². The van der Waals surface area contributed by atoms with Gasteiger partial charge in [-0.15, -0.1) is 0 Å². The molecule has 1 aliphatic rings. The van der Waals surface area contributed by atoms with Crippen LogP contribution in [0.1, 0.15) is 39.0 Å². The van der Waals surface area contributed by atoms with Crippen LogP contribution < -0.4 is 0 Å². The molecule has 0 radical (unpaired) electrons. The Bertz CT molecular complexity index is 261. The highest BCUT2D eigenvalue weighted by molar-refractivity contribution is 5.81. The maximum absolute atomic E-state index is 11.8. The van der Waals surface area contributed by atoms with Crippen molar-refractivity contribution >= 4 is 11.9 Å². The van der Waals surface area contributed by atoms with Crippen LogP contribution in [0, 0.1) is 0 Å². The van der Waals surface area contributed by atoms with Crippen molar-refractivity contribution in [3.8, 4) is 0 Å². The molecule has 0 saturated carbocycles. The van der Waals surface area contributed by atoms with Gasteiger partial charge >= 0.3 is 5.97 Å². The monoisotopic (exact) mass is 243 g/mol. The van der Waals surface area contributed by atoms with Crippen molar-refractivity contribution < 1.29 is 19.4 Å². The maximum atomic E-state index is 11.8. The zero-order chi connectivity index (χ0) is 12.7. The summed E-state index contributed by atoms with van der Waals surface area (Å²) in [6.45, 7) is 2.81. The number of carboxylic acids is 1. The smallest absolute Gasteiger partial charge is 0.323 e. The van der Waals surface area contributed by atoms with Crippen LogP contribution in [-0.4, -0.2) is 47.7 Å². The second-order valence-corrected chi connectivity index (χ2v) is 4.33. The molecule has 1 heterocycles. The largest absolute Gasteiger partial charge is 0.480 e. The molecule has 17 heavy (non-hydrogen) atoms. The Morgan fingerprint density at radius 1 is 1.41 bits per heavy atom. The molecule has 0 spiro atoms. The molecule has 0 aromatic heterocycles. The van der Waals surface area contributed by atoms with Gasteiger partial charge in [0.1, 0.15) is 6.54 Å². The Morgan fingerprint density at radius 2 is 2.18 bits per heavy atom. The molecule has 1 aliphatic heterocycles. The van der Waals surface area contributed by atoms with Crippen LogP contribution in [0.5, 0.6) is 0 Å². The van der Waals surface area contributed by atoms with Gasteiger partial charge in [-0.1, -0.05) is 0 Å². The lowest BCUT2D eigenvalue weighted by molar-refractivity contribution is -0.144. The third kappa shape index (κ3) is 5.17. The number of hydrogen-bond donors (Lipinski definition) is 1. The summed E-state index contributed by atoms with van der Waals surface area (Å²) >= 11 is 0. The topological polar surface area (TPSA) is 66.8 Å². The number of carboxylic acid groups (broad SMARTS) is 1. The first-order valence-corrected chi connectivity index (χ1v) is 6.24. The van der Waals surface area contributed by atoms with Gasteiger partial charge in [-0.2, -0.15) is 0 Å². The fourth-order valence-corrected chi connectivity index (χ4v) is 2.02. The minimum Gasteiger partial charge on any atom is -0.480 e. The average Bonchev–Trinajstić information content (AvgIpc) is 2.34. The van der Waals surface area contributed by atoms with E-state index in [-0.39, 0.29) is 18.6 Å². The SMILES string of the molecule is CCN(CC(=O)O)C(=O)CCC1CCCCO1. The summed E-state index contributed by atoms with van der Waals surface area (Å²) in [5, 5.41) is 8.66. The van der Waals surface area contributed by atoms with E-state index < -0.39 is 5.97 Å². The quantitative estimate of drug-likeness (QED) is 0.763. The fourth-order valence-electron chi connectivity index (χ4n) is 2.02. The summed E-state index contributed by atoms with van der Waals surface area (Å²) in [6, 6.07) is 0. The molecule has 1 atom stereocenters. The lowest BCUT2D eigenvalue weighted by Gasteiger charge is -2.24. The van der Waals surface area contributed by atoms with Crippen molar-refractivity contribution in [2.24, 2.45) is 0 Å². The zero-order valence-electron chi connectivity index (χ0n) is 10.4. The third-order valence-electron chi connectivity index (χ3n) is 3.01. The lowest BCUT2D eigenvalue weighted by atomic mass is 10.0. The average molecular weight is 243 g/mol.